The molecule has 14 heteroatoms. The molecule has 0 amide bonds. The Morgan fingerprint density at radius 1 is 0.604 bits per heavy atom. The number of ether oxygens (including phenoxy) is 11. The maximum atomic E-state index is 12.6. The smallest absolute Gasteiger partial charge is 0.463 e. The van der Waals surface area contributed by atoms with Crippen LogP contribution in [-0.4, -0.2) is 99.8 Å². The van der Waals surface area contributed by atoms with Crippen molar-refractivity contribution >= 4 is 18.1 Å². The van der Waals surface area contributed by atoms with Crippen molar-refractivity contribution in [3.05, 3.63) is 108 Å². The molecular weight excluding hydrogens is 692 g/mol. The molecular formula is C39H44O14. The Balaban J connectivity index is 1.33. The van der Waals surface area contributed by atoms with Gasteiger partial charge in [0.25, 0.3) is 0 Å². The lowest BCUT2D eigenvalue weighted by Gasteiger charge is -2.48. The van der Waals surface area contributed by atoms with Crippen molar-refractivity contribution in [1.82, 2.24) is 0 Å². The fourth-order valence-electron chi connectivity index (χ4n) is 6.45. The quantitative estimate of drug-likeness (QED) is 0.152. The Morgan fingerprint density at radius 3 is 1.70 bits per heavy atom. The van der Waals surface area contributed by atoms with Gasteiger partial charge in [-0.15, -0.1) is 0 Å². The van der Waals surface area contributed by atoms with E-state index in [1.165, 1.54) is 21.0 Å². The summed E-state index contributed by atoms with van der Waals surface area (Å²) in [4.78, 5) is 36.5. The number of hydrogen-bond donors (Lipinski definition) is 0. The summed E-state index contributed by atoms with van der Waals surface area (Å²) in [5, 5.41) is 0. The lowest BCUT2D eigenvalue weighted by Crippen LogP contribution is -2.65. The highest BCUT2D eigenvalue weighted by Crippen LogP contribution is 2.37. The fraction of sp³-hybridized carbons (Fsp3) is 0.462. The van der Waals surface area contributed by atoms with Gasteiger partial charge in [0.2, 0.25) is 0 Å². The van der Waals surface area contributed by atoms with E-state index in [0.29, 0.717) is 0 Å². The van der Waals surface area contributed by atoms with Crippen LogP contribution >= 0.6 is 0 Å². The summed E-state index contributed by atoms with van der Waals surface area (Å²) in [7, 11) is 1.51. The van der Waals surface area contributed by atoms with Gasteiger partial charge >= 0.3 is 18.1 Å². The molecule has 10 atom stereocenters. The minimum Gasteiger partial charge on any atom is -0.463 e. The molecule has 0 aliphatic carbocycles. The minimum absolute atomic E-state index is 0.0279. The molecule has 3 aliphatic heterocycles. The van der Waals surface area contributed by atoms with E-state index in [1.54, 1.807) is 0 Å². The SMILES string of the molecule is CO[C@H]1O[C@H](COCc2ccccc2)[C@H](O[C@H]2O[C@H](COC(C)=O)[C@H](OC(C)=O)[C@@H]3OC(=O)O[C@@H]23)[C@H](OCc2ccccc2)[C@H]1OCc1ccccc1. The average molecular weight is 737 g/mol. The van der Waals surface area contributed by atoms with Gasteiger partial charge in [0, 0.05) is 21.0 Å². The topological polar surface area (TPSA) is 153 Å². The largest absolute Gasteiger partial charge is 0.509 e. The molecule has 0 bridgehead atoms. The van der Waals surface area contributed by atoms with Gasteiger partial charge in [0.15, 0.2) is 30.9 Å². The van der Waals surface area contributed by atoms with E-state index in [4.69, 9.17) is 52.1 Å². The predicted octanol–water partition coefficient (Wildman–Crippen LogP) is 4.25. The highest BCUT2D eigenvalue weighted by atomic mass is 16.8. The van der Waals surface area contributed by atoms with Gasteiger partial charge in [-0.1, -0.05) is 91.0 Å². The molecule has 3 saturated heterocycles. The molecule has 0 aromatic heterocycles. The van der Waals surface area contributed by atoms with E-state index in [0.717, 1.165) is 16.7 Å². The van der Waals surface area contributed by atoms with Gasteiger partial charge in [-0.05, 0) is 16.7 Å². The number of carbonyl (C=O) groups excluding carboxylic acids is 3. The van der Waals surface area contributed by atoms with Crippen molar-refractivity contribution < 1.29 is 66.5 Å². The number of hydrogen-bond acceptors (Lipinski definition) is 14. The van der Waals surface area contributed by atoms with Crippen LogP contribution in [-0.2, 0) is 81.5 Å². The molecule has 0 N–H and O–H groups in total. The van der Waals surface area contributed by atoms with Crippen molar-refractivity contribution in [1.29, 1.82) is 0 Å². The van der Waals surface area contributed by atoms with Gasteiger partial charge in [-0.25, -0.2) is 4.79 Å². The number of carbonyl (C=O) groups is 3. The maximum absolute atomic E-state index is 12.6. The number of benzene rings is 3. The van der Waals surface area contributed by atoms with Crippen molar-refractivity contribution in [2.75, 3.05) is 20.3 Å². The van der Waals surface area contributed by atoms with Crippen molar-refractivity contribution in [3.63, 3.8) is 0 Å². The van der Waals surface area contributed by atoms with E-state index in [2.05, 4.69) is 0 Å². The first-order valence-electron chi connectivity index (χ1n) is 17.4. The summed E-state index contributed by atoms with van der Waals surface area (Å²) in [5.74, 6) is -1.26. The van der Waals surface area contributed by atoms with Crippen molar-refractivity contribution in [2.45, 2.75) is 95.1 Å². The van der Waals surface area contributed by atoms with Crippen LogP contribution in [0.4, 0.5) is 4.79 Å². The lowest BCUT2D eigenvalue weighted by atomic mass is 9.96. The first-order valence-corrected chi connectivity index (χ1v) is 17.4. The van der Waals surface area contributed by atoms with Crippen LogP contribution in [0.2, 0.25) is 0 Å². The van der Waals surface area contributed by atoms with Crippen LogP contribution < -0.4 is 0 Å². The van der Waals surface area contributed by atoms with Crippen LogP contribution in [0.5, 0.6) is 0 Å². The van der Waals surface area contributed by atoms with Crippen LogP contribution in [0.25, 0.3) is 0 Å². The summed E-state index contributed by atoms with van der Waals surface area (Å²) >= 11 is 0. The summed E-state index contributed by atoms with van der Waals surface area (Å²) in [5.41, 5.74) is 2.75. The van der Waals surface area contributed by atoms with E-state index >= 15 is 0 Å². The molecule has 3 fully saturated rings. The Morgan fingerprint density at radius 2 is 1.13 bits per heavy atom. The molecule has 0 radical (unpaired) electrons. The molecule has 3 aromatic carbocycles. The highest BCUT2D eigenvalue weighted by Gasteiger charge is 2.59. The zero-order valence-electron chi connectivity index (χ0n) is 29.7. The third kappa shape index (κ3) is 10.2. The van der Waals surface area contributed by atoms with Gasteiger partial charge in [0.05, 0.1) is 26.4 Å². The summed E-state index contributed by atoms with van der Waals surface area (Å²) in [6.45, 7) is 2.78. The highest BCUT2D eigenvalue weighted by molar-refractivity contribution is 5.67. The van der Waals surface area contributed by atoms with Gasteiger partial charge < -0.3 is 52.1 Å². The van der Waals surface area contributed by atoms with E-state index in [9.17, 15) is 14.4 Å². The monoisotopic (exact) mass is 736 g/mol. The molecule has 284 valence electrons. The van der Waals surface area contributed by atoms with Crippen molar-refractivity contribution in [3.8, 4) is 0 Å². The van der Waals surface area contributed by atoms with Crippen LogP contribution in [0.3, 0.4) is 0 Å². The lowest BCUT2D eigenvalue weighted by molar-refractivity contribution is -0.360. The average Bonchev–Trinajstić information content (AvgIpc) is 3.57. The number of esters is 2. The molecule has 0 unspecified atom stereocenters. The number of methoxy groups -OCH3 is 1. The third-order valence-corrected chi connectivity index (χ3v) is 8.89. The molecule has 3 heterocycles. The molecule has 3 aromatic rings. The van der Waals surface area contributed by atoms with Crippen LogP contribution in [0.15, 0.2) is 91.0 Å². The van der Waals surface area contributed by atoms with Crippen LogP contribution in [0, 0.1) is 0 Å². The van der Waals surface area contributed by atoms with Crippen molar-refractivity contribution in [2.24, 2.45) is 0 Å². The minimum atomic E-state index is -1.33. The number of rotatable bonds is 16. The summed E-state index contributed by atoms with van der Waals surface area (Å²) < 4.78 is 66.6. The first kappa shape index (κ1) is 38.3. The third-order valence-electron chi connectivity index (χ3n) is 8.89. The van der Waals surface area contributed by atoms with E-state index < -0.39 is 79.5 Å². The second kappa shape index (κ2) is 18.6. The molecule has 3 aliphatic rings. The second-order valence-corrected chi connectivity index (χ2v) is 12.7. The molecule has 0 saturated carbocycles. The second-order valence-electron chi connectivity index (χ2n) is 12.7. The Hall–Kier alpha value is -4.41. The first-order chi connectivity index (χ1) is 25.8. The molecule has 0 spiro atoms. The predicted molar refractivity (Wildman–Crippen MR) is 183 cm³/mol. The standard InChI is InChI=1S/C39H44O14/c1-24(40)45-23-30-32(48-25(2)41)34-36(53-39(42)52-34)38(50-30)51-31-29(22-44-19-26-13-7-4-8-14-26)49-37(43-3)35(47-21-28-17-11-6-12-18-28)33(31)46-20-27-15-9-5-10-16-27/h4-18,29-38H,19-23H2,1-3H3/t29-,30-,31+,32+,33+,34+,35-,36-,37+,38-/m1/s1. The van der Waals surface area contributed by atoms with E-state index in [-0.39, 0.29) is 33.0 Å². The van der Waals surface area contributed by atoms with Gasteiger partial charge in [0.1, 0.15) is 37.1 Å². The molecule has 53 heavy (non-hydrogen) atoms. The number of fused-ring (bicyclic) bond motifs is 1. The maximum Gasteiger partial charge on any atom is 0.509 e. The zero-order valence-corrected chi connectivity index (χ0v) is 29.7. The fourth-order valence-corrected chi connectivity index (χ4v) is 6.45. The van der Waals surface area contributed by atoms with Gasteiger partial charge in [-0.3, -0.25) is 9.59 Å². The normalized spacial score (nSPS) is 29.4. The molecule has 6 rings (SSSR count). The summed E-state index contributed by atoms with van der Waals surface area (Å²) in [6, 6.07) is 28.9. The molecule has 14 nitrogen and oxygen atoms in total. The zero-order chi connectivity index (χ0) is 37.2. The summed E-state index contributed by atoms with van der Waals surface area (Å²) in [6.07, 6.45) is -11.4. The van der Waals surface area contributed by atoms with Gasteiger partial charge in [-0.2, -0.15) is 0 Å². The van der Waals surface area contributed by atoms with E-state index in [1.807, 2.05) is 91.0 Å². The Kier molecular flexibility index (Phi) is 13.4. The Bertz CT molecular complexity index is 1610. The Labute approximate surface area is 307 Å². The van der Waals surface area contributed by atoms with Crippen LogP contribution in [0.1, 0.15) is 30.5 Å².